The third-order valence-electron chi connectivity index (χ3n) is 1.71. The van der Waals surface area contributed by atoms with E-state index in [2.05, 4.69) is 20.4 Å². The summed E-state index contributed by atoms with van der Waals surface area (Å²) in [5.41, 5.74) is 0.681. The first-order chi connectivity index (χ1) is 4.57. The van der Waals surface area contributed by atoms with Gasteiger partial charge in [0.15, 0.2) is 5.78 Å². The van der Waals surface area contributed by atoms with Crippen LogP contribution in [0.15, 0.2) is 12.2 Å². The first-order valence-electron chi connectivity index (χ1n) is 3.76. The summed E-state index contributed by atoms with van der Waals surface area (Å²) in [6.45, 7) is 9.54. The quantitative estimate of drug-likeness (QED) is 0.548. The molecule has 0 saturated heterocycles. The standard InChI is InChI=1S/C9H16O/c1-5-8(4)6-9(10)7(2)3/h8H,2,5-6H2,1,3-4H3. The van der Waals surface area contributed by atoms with Crippen molar-refractivity contribution in [3.05, 3.63) is 12.2 Å². The second kappa shape index (κ2) is 4.26. The van der Waals surface area contributed by atoms with Crippen LogP contribution < -0.4 is 0 Å². The van der Waals surface area contributed by atoms with E-state index in [1.807, 2.05) is 0 Å². The monoisotopic (exact) mass is 140 g/mol. The van der Waals surface area contributed by atoms with Gasteiger partial charge < -0.3 is 0 Å². The minimum absolute atomic E-state index is 0.203. The second-order valence-corrected chi connectivity index (χ2v) is 2.92. The maximum atomic E-state index is 11.0. The van der Waals surface area contributed by atoms with E-state index in [-0.39, 0.29) is 5.78 Å². The molecule has 1 atom stereocenters. The summed E-state index contributed by atoms with van der Waals surface area (Å²) in [5.74, 6) is 0.707. The highest BCUT2D eigenvalue weighted by atomic mass is 16.1. The Labute approximate surface area is 63.1 Å². The predicted octanol–water partition coefficient (Wildman–Crippen LogP) is 2.57. The van der Waals surface area contributed by atoms with Gasteiger partial charge in [-0.25, -0.2) is 0 Å². The van der Waals surface area contributed by atoms with E-state index in [9.17, 15) is 4.79 Å². The summed E-state index contributed by atoms with van der Waals surface area (Å²) in [7, 11) is 0. The minimum Gasteiger partial charge on any atom is -0.295 e. The Morgan fingerprint density at radius 2 is 2.10 bits per heavy atom. The Hall–Kier alpha value is -0.590. The van der Waals surface area contributed by atoms with Gasteiger partial charge in [0.1, 0.15) is 0 Å². The zero-order valence-electron chi connectivity index (χ0n) is 7.11. The lowest BCUT2D eigenvalue weighted by Gasteiger charge is -2.05. The fourth-order valence-electron chi connectivity index (χ4n) is 0.635. The molecule has 58 valence electrons. The minimum atomic E-state index is 0.203. The van der Waals surface area contributed by atoms with Gasteiger partial charge in [0.05, 0.1) is 0 Å². The molecule has 1 heteroatoms. The molecule has 0 fully saturated rings. The van der Waals surface area contributed by atoms with Crippen LogP contribution in [0.1, 0.15) is 33.6 Å². The number of rotatable bonds is 4. The molecular formula is C9H16O. The van der Waals surface area contributed by atoms with Gasteiger partial charge >= 0.3 is 0 Å². The average molecular weight is 140 g/mol. The molecule has 0 aromatic heterocycles. The molecule has 0 aliphatic heterocycles. The van der Waals surface area contributed by atoms with Gasteiger partial charge in [0, 0.05) is 6.42 Å². The molecule has 0 saturated carbocycles. The molecule has 0 spiro atoms. The van der Waals surface area contributed by atoms with Crippen molar-refractivity contribution in [1.82, 2.24) is 0 Å². The SMILES string of the molecule is C=C(C)C(=O)CC(C)CC. The summed E-state index contributed by atoms with van der Waals surface area (Å²) in [6.07, 6.45) is 1.73. The zero-order valence-corrected chi connectivity index (χ0v) is 7.11. The lowest BCUT2D eigenvalue weighted by atomic mass is 9.99. The average Bonchev–Trinajstić information content (AvgIpc) is 1.87. The molecule has 0 aromatic rings. The highest BCUT2D eigenvalue weighted by Gasteiger charge is 2.06. The van der Waals surface area contributed by atoms with Crippen molar-refractivity contribution < 1.29 is 4.79 Å². The number of hydrogen-bond donors (Lipinski definition) is 0. The molecule has 0 bridgehead atoms. The molecule has 0 amide bonds. The van der Waals surface area contributed by atoms with Gasteiger partial charge in [0.25, 0.3) is 0 Å². The Morgan fingerprint density at radius 3 is 2.40 bits per heavy atom. The van der Waals surface area contributed by atoms with E-state index in [1.54, 1.807) is 6.92 Å². The zero-order chi connectivity index (χ0) is 8.15. The van der Waals surface area contributed by atoms with Gasteiger partial charge in [-0.1, -0.05) is 26.8 Å². The molecule has 1 nitrogen and oxygen atoms in total. The number of Topliss-reactive ketones (excluding diaryl/α,β-unsaturated/α-hetero) is 1. The van der Waals surface area contributed by atoms with Gasteiger partial charge in [-0.3, -0.25) is 4.79 Å². The van der Waals surface area contributed by atoms with E-state index in [0.29, 0.717) is 17.9 Å². The van der Waals surface area contributed by atoms with Crippen molar-refractivity contribution in [3.63, 3.8) is 0 Å². The van der Waals surface area contributed by atoms with E-state index in [1.165, 1.54) is 0 Å². The number of carbonyl (C=O) groups is 1. The van der Waals surface area contributed by atoms with Crippen molar-refractivity contribution in [1.29, 1.82) is 0 Å². The fraction of sp³-hybridized carbons (Fsp3) is 0.667. The molecular weight excluding hydrogens is 124 g/mol. The van der Waals surface area contributed by atoms with Crippen LogP contribution in [0.3, 0.4) is 0 Å². The van der Waals surface area contributed by atoms with Gasteiger partial charge in [0.2, 0.25) is 0 Å². The van der Waals surface area contributed by atoms with Gasteiger partial charge in [-0.2, -0.15) is 0 Å². The summed E-state index contributed by atoms with van der Waals surface area (Å²) in [6, 6.07) is 0. The smallest absolute Gasteiger partial charge is 0.158 e. The first-order valence-corrected chi connectivity index (χ1v) is 3.76. The lowest BCUT2D eigenvalue weighted by molar-refractivity contribution is -0.116. The van der Waals surface area contributed by atoms with E-state index < -0.39 is 0 Å². The van der Waals surface area contributed by atoms with Crippen molar-refractivity contribution in [2.75, 3.05) is 0 Å². The number of hydrogen-bond acceptors (Lipinski definition) is 1. The van der Waals surface area contributed by atoms with E-state index in [4.69, 9.17) is 0 Å². The molecule has 0 aromatic carbocycles. The largest absolute Gasteiger partial charge is 0.295 e. The Morgan fingerprint density at radius 1 is 1.60 bits per heavy atom. The highest BCUT2D eigenvalue weighted by Crippen LogP contribution is 2.09. The van der Waals surface area contributed by atoms with Crippen molar-refractivity contribution in [3.8, 4) is 0 Å². The van der Waals surface area contributed by atoms with Crippen LogP contribution in [0, 0.1) is 5.92 Å². The van der Waals surface area contributed by atoms with Crippen LogP contribution in [0.5, 0.6) is 0 Å². The fourth-order valence-corrected chi connectivity index (χ4v) is 0.635. The van der Waals surface area contributed by atoms with E-state index >= 15 is 0 Å². The maximum Gasteiger partial charge on any atom is 0.158 e. The van der Waals surface area contributed by atoms with Crippen LogP contribution in [-0.2, 0) is 4.79 Å². The number of carbonyl (C=O) groups excluding carboxylic acids is 1. The third-order valence-corrected chi connectivity index (χ3v) is 1.71. The molecule has 0 rings (SSSR count). The van der Waals surface area contributed by atoms with E-state index in [0.717, 1.165) is 6.42 Å². The van der Waals surface area contributed by atoms with Crippen LogP contribution in [0.25, 0.3) is 0 Å². The molecule has 0 aliphatic rings. The van der Waals surface area contributed by atoms with Crippen LogP contribution in [-0.4, -0.2) is 5.78 Å². The molecule has 1 unspecified atom stereocenters. The van der Waals surface area contributed by atoms with Crippen LogP contribution in [0.4, 0.5) is 0 Å². The van der Waals surface area contributed by atoms with Crippen LogP contribution in [0.2, 0.25) is 0 Å². The topological polar surface area (TPSA) is 17.1 Å². The van der Waals surface area contributed by atoms with Crippen molar-refractivity contribution in [2.45, 2.75) is 33.6 Å². The Kier molecular flexibility index (Phi) is 4.01. The van der Waals surface area contributed by atoms with Gasteiger partial charge in [-0.15, -0.1) is 0 Å². The predicted molar refractivity (Wildman–Crippen MR) is 43.9 cm³/mol. The highest BCUT2D eigenvalue weighted by molar-refractivity contribution is 5.94. The Bertz CT molecular complexity index is 136. The second-order valence-electron chi connectivity index (χ2n) is 2.92. The van der Waals surface area contributed by atoms with Gasteiger partial charge in [-0.05, 0) is 18.4 Å². The normalized spacial score (nSPS) is 12.7. The maximum absolute atomic E-state index is 11.0. The van der Waals surface area contributed by atoms with Crippen molar-refractivity contribution >= 4 is 5.78 Å². The lowest BCUT2D eigenvalue weighted by Crippen LogP contribution is -2.04. The number of allylic oxidation sites excluding steroid dienone is 1. The first kappa shape index (κ1) is 9.41. The molecule has 10 heavy (non-hydrogen) atoms. The van der Waals surface area contributed by atoms with Crippen LogP contribution >= 0.6 is 0 Å². The Balaban J connectivity index is 3.68. The third kappa shape index (κ3) is 3.44. The molecule has 0 aliphatic carbocycles. The summed E-state index contributed by atoms with van der Waals surface area (Å²) < 4.78 is 0. The number of ketones is 1. The summed E-state index contributed by atoms with van der Waals surface area (Å²) >= 11 is 0. The molecule has 0 radical (unpaired) electrons. The molecule has 0 heterocycles. The molecule has 0 N–H and O–H groups in total. The summed E-state index contributed by atoms with van der Waals surface area (Å²) in [5, 5.41) is 0. The van der Waals surface area contributed by atoms with Crippen molar-refractivity contribution in [2.24, 2.45) is 5.92 Å². The summed E-state index contributed by atoms with van der Waals surface area (Å²) in [4.78, 5) is 11.0.